The van der Waals surface area contributed by atoms with E-state index in [-0.39, 0.29) is 17.0 Å². The molecule has 1 heterocycles. The molecular weight excluding hydrogens is 229 g/mol. The van der Waals surface area contributed by atoms with E-state index in [1.807, 2.05) is 13.1 Å². The van der Waals surface area contributed by atoms with Crippen molar-refractivity contribution < 1.29 is 9.13 Å². The summed E-state index contributed by atoms with van der Waals surface area (Å²) in [6, 6.07) is 6.98. The van der Waals surface area contributed by atoms with Crippen LogP contribution in [0.1, 0.15) is 37.7 Å². The van der Waals surface area contributed by atoms with Crippen LogP contribution >= 0.6 is 0 Å². The highest BCUT2D eigenvalue weighted by atomic mass is 19.1. The molecule has 0 aromatic heterocycles. The van der Waals surface area contributed by atoms with Crippen molar-refractivity contribution in [3.8, 4) is 0 Å². The fraction of sp³-hybridized carbons (Fsp3) is 0.600. The van der Waals surface area contributed by atoms with E-state index >= 15 is 0 Å². The highest BCUT2D eigenvalue weighted by Gasteiger charge is 2.57. The lowest BCUT2D eigenvalue weighted by atomic mass is 9.62. The van der Waals surface area contributed by atoms with Crippen molar-refractivity contribution in [1.82, 2.24) is 5.32 Å². The molecule has 3 rings (SSSR count). The lowest BCUT2D eigenvalue weighted by Gasteiger charge is -2.58. The third-order valence-electron chi connectivity index (χ3n) is 4.79. The minimum Gasteiger partial charge on any atom is -0.373 e. The van der Waals surface area contributed by atoms with E-state index in [1.165, 1.54) is 18.9 Å². The molecule has 18 heavy (non-hydrogen) atoms. The number of hydrogen-bond donors (Lipinski definition) is 1. The SMILES string of the molecule is CN[C@@]1(c2cccc(F)c2)CCCCC12CCO2. The number of halogens is 1. The van der Waals surface area contributed by atoms with Gasteiger partial charge in [0.15, 0.2) is 0 Å². The van der Waals surface area contributed by atoms with Gasteiger partial charge < -0.3 is 10.1 Å². The Bertz CT molecular complexity index is 444. The summed E-state index contributed by atoms with van der Waals surface area (Å²) >= 11 is 0. The molecule has 1 aliphatic carbocycles. The molecule has 1 aromatic rings. The Kier molecular flexibility index (Phi) is 2.91. The Hall–Kier alpha value is -0.930. The van der Waals surface area contributed by atoms with Gasteiger partial charge in [0.25, 0.3) is 0 Å². The third kappa shape index (κ3) is 1.54. The van der Waals surface area contributed by atoms with E-state index in [4.69, 9.17) is 4.74 Å². The van der Waals surface area contributed by atoms with Crippen LogP contribution < -0.4 is 5.32 Å². The molecule has 1 N–H and O–H groups in total. The standard InChI is InChI=1S/C15H20FNO/c1-17-15(12-5-4-6-13(16)11-12)8-3-2-7-14(15)9-10-18-14/h4-6,11,17H,2-3,7-10H2,1H3/t14?,15-/m1/s1. The maximum absolute atomic E-state index is 13.5. The first-order valence-corrected chi connectivity index (χ1v) is 6.81. The van der Waals surface area contributed by atoms with Crippen LogP contribution in [-0.2, 0) is 10.3 Å². The van der Waals surface area contributed by atoms with E-state index in [1.54, 1.807) is 12.1 Å². The van der Waals surface area contributed by atoms with Crippen LogP contribution in [-0.4, -0.2) is 19.3 Å². The van der Waals surface area contributed by atoms with Crippen molar-refractivity contribution in [2.75, 3.05) is 13.7 Å². The number of likely N-dealkylation sites (N-methyl/N-ethyl adjacent to an activating group) is 1. The van der Waals surface area contributed by atoms with Crippen LogP contribution in [0.25, 0.3) is 0 Å². The summed E-state index contributed by atoms with van der Waals surface area (Å²) in [5, 5.41) is 3.46. The predicted octanol–water partition coefficient (Wildman–Crippen LogP) is 2.97. The third-order valence-corrected chi connectivity index (χ3v) is 4.79. The Balaban J connectivity index is 2.07. The molecule has 1 aliphatic heterocycles. The topological polar surface area (TPSA) is 21.3 Å². The maximum Gasteiger partial charge on any atom is 0.123 e. The normalized spacial score (nSPS) is 35.4. The number of ether oxygens (including phenoxy) is 1. The highest BCUT2D eigenvalue weighted by Crippen LogP contribution is 2.52. The van der Waals surface area contributed by atoms with Gasteiger partial charge in [0, 0.05) is 6.42 Å². The minimum atomic E-state index is -0.217. The zero-order chi connectivity index (χ0) is 12.6. The van der Waals surface area contributed by atoms with Crippen LogP contribution in [0, 0.1) is 5.82 Å². The maximum atomic E-state index is 13.5. The van der Waals surface area contributed by atoms with E-state index in [0.29, 0.717) is 0 Å². The fourth-order valence-electron chi connectivity index (χ4n) is 3.78. The molecule has 1 saturated heterocycles. The molecule has 0 bridgehead atoms. The zero-order valence-electron chi connectivity index (χ0n) is 10.8. The molecule has 3 heteroatoms. The molecular formula is C15H20FNO. The predicted molar refractivity (Wildman–Crippen MR) is 68.9 cm³/mol. The first-order valence-electron chi connectivity index (χ1n) is 6.81. The Morgan fingerprint density at radius 1 is 1.22 bits per heavy atom. The lowest BCUT2D eigenvalue weighted by molar-refractivity contribution is -0.217. The van der Waals surface area contributed by atoms with Gasteiger partial charge in [-0.2, -0.15) is 0 Å². The van der Waals surface area contributed by atoms with Gasteiger partial charge in [-0.15, -0.1) is 0 Å². The monoisotopic (exact) mass is 249 g/mol. The number of nitrogens with one attached hydrogen (secondary N) is 1. The van der Waals surface area contributed by atoms with Gasteiger partial charge in [-0.25, -0.2) is 4.39 Å². The van der Waals surface area contributed by atoms with E-state index < -0.39 is 0 Å². The highest BCUT2D eigenvalue weighted by molar-refractivity contribution is 5.32. The second-order valence-electron chi connectivity index (χ2n) is 5.47. The van der Waals surface area contributed by atoms with Crippen molar-refractivity contribution in [2.45, 2.75) is 43.2 Å². The lowest BCUT2D eigenvalue weighted by Crippen LogP contribution is -2.67. The van der Waals surface area contributed by atoms with Gasteiger partial charge in [0.05, 0.1) is 17.7 Å². The van der Waals surface area contributed by atoms with Crippen molar-refractivity contribution in [3.63, 3.8) is 0 Å². The van der Waals surface area contributed by atoms with Gasteiger partial charge in [-0.1, -0.05) is 25.0 Å². The fourth-order valence-corrected chi connectivity index (χ4v) is 3.78. The summed E-state index contributed by atoms with van der Waals surface area (Å²) in [5.74, 6) is -0.165. The molecule has 2 nitrogen and oxygen atoms in total. The first-order chi connectivity index (χ1) is 8.72. The van der Waals surface area contributed by atoms with Crippen molar-refractivity contribution in [2.24, 2.45) is 0 Å². The summed E-state index contributed by atoms with van der Waals surface area (Å²) < 4.78 is 19.5. The Labute approximate surface area is 108 Å². The van der Waals surface area contributed by atoms with E-state index in [9.17, 15) is 4.39 Å². The second-order valence-corrected chi connectivity index (χ2v) is 5.47. The van der Waals surface area contributed by atoms with Gasteiger partial charge in [-0.05, 0) is 37.6 Å². The molecule has 1 aromatic carbocycles. The number of hydrogen-bond acceptors (Lipinski definition) is 2. The molecule has 98 valence electrons. The molecule has 2 fully saturated rings. The number of benzene rings is 1. The van der Waals surface area contributed by atoms with Crippen LogP contribution in [0.4, 0.5) is 4.39 Å². The van der Waals surface area contributed by atoms with Crippen LogP contribution in [0.3, 0.4) is 0 Å². The largest absolute Gasteiger partial charge is 0.373 e. The summed E-state index contributed by atoms with van der Waals surface area (Å²) in [4.78, 5) is 0. The van der Waals surface area contributed by atoms with Gasteiger partial charge in [0.2, 0.25) is 0 Å². The summed E-state index contributed by atoms with van der Waals surface area (Å²) in [6.45, 7) is 0.832. The zero-order valence-corrected chi connectivity index (χ0v) is 10.8. The Morgan fingerprint density at radius 3 is 2.61 bits per heavy atom. The van der Waals surface area contributed by atoms with E-state index in [2.05, 4.69) is 5.32 Å². The minimum absolute atomic E-state index is 0.117. The molecule has 2 aliphatic rings. The smallest absolute Gasteiger partial charge is 0.123 e. The van der Waals surface area contributed by atoms with Crippen LogP contribution in [0.2, 0.25) is 0 Å². The summed E-state index contributed by atoms with van der Waals surface area (Å²) in [6.07, 6.45) is 5.54. The van der Waals surface area contributed by atoms with E-state index in [0.717, 1.165) is 31.4 Å². The average Bonchev–Trinajstić information content (AvgIpc) is 2.36. The van der Waals surface area contributed by atoms with Crippen molar-refractivity contribution >= 4 is 0 Å². The molecule has 0 amide bonds. The molecule has 2 atom stereocenters. The summed E-state index contributed by atoms with van der Waals surface area (Å²) in [5.41, 5.74) is 0.698. The van der Waals surface area contributed by atoms with Crippen molar-refractivity contribution in [1.29, 1.82) is 0 Å². The number of rotatable bonds is 2. The quantitative estimate of drug-likeness (QED) is 0.870. The second kappa shape index (κ2) is 4.32. The summed E-state index contributed by atoms with van der Waals surface area (Å²) in [7, 11) is 1.97. The molecule has 0 radical (unpaired) electrons. The first kappa shape index (κ1) is 12.1. The Morgan fingerprint density at radius 2 is 2.00 bits per heavy atom. The molecule has 1 spiro atoms. The average molecular weight is 249 g/mol. The van der Waals surface area contributed by atoms with Gasteiger partial charge >= 0.3 is 0 Å². The van der Waals surface area contributed by atoms with Gasteiger partial charge in [-0.3, -0.25) is 0 Å². The van der Waals surface area contributed by atoms with Crippen LogP contribution in [0.5, 0.6) is 0 Å². The van der Waals surface area contributed by atoms with Gasteiger partial charge in [0.1, 0.15) is 5.82 Å². The molecule has 1 saturated carbocycles. The van der Waals surface area contributed by atoms with Crippen molar-refractivity contribution in [3.05, 3.63) is 35.6 Å². The molecule has 1 unspecified atom stereocenters. The van der Waals surface area contributed by atoms with Crippen LogP contribution in [0.15, 0.2) is 24.3 Å².